The maximum absolute atomic E-state index is 12.3. The number of para-hydroxylation sites is 2. The zero-order valence-corrected chi connectivity index (χ0v) is 16.2. The maximum atomic E-state index is 12.3. The summed E-state index contributed by atoms with van der Waals surface area (Å²) in [5.74, 6) is 0.935. The van der Waals surface area contributed by atoms with E-state index in [0.29, 0.717) is 10.7 Å². The number of aromatic nitrogens is 4. The third-order valence-corrected chi connectivity index (χ3v) is 5.31. The molecule has 0 atom stereocenters. The molecule has 2 heterocycles. The predicted molar refractivity (Wildman–Crippen MR) is 107 cm³/mol. The van der Waals surface area contributed by atoms with Gasteiger partial charge >= 0.3 is 0 Å². The fraction of sp³-hybridized carbons (Fsp3) is 0.111. The summed E-state index contributed by atoms with van der Waals surface area (Å²) in [6.45, 7) is 1.90. The van der Waals surface area contributed by atoms with Crippen molar-refractivity contribution in [2.45, 2.75) is 11.9 Å². The normalized spacial score (nSPS) is 11.2. The van der Waals surface area contributed by atoms with Gasteiger partial charge in [-0.15, -0.1) is 10.2 Å². The molecule has 0 aliphatic carbocycles. The van der Waals surface area contributed by atoms with Crippen molar-refractivity contribution in [2.75, 3.05) is 11.1 Å². The number of amides is 1. The summed E-state index contributed by atoms with van der Waals surface area (Å²) in [4.78, 5) is 16.9. The lowest BCUT2D eigenvalue weighted by Gasteiger charge is -2.08. The highest BCUT2D eigenvalue weighted by Crippen LogP contribution is 2.25. The first-order valence-corrected chi connectivity index (χ1v) is 9.68. The van der Waals surface area contributed by atoms with Gasteiger partial charge in [-0.2, -0.15) is 0 Å². The maximum Gasteiger partial charge on any atom is 0.234 e. The zero-order chi connectivity index (χ0) is 18.1. The quantitative estimate of drug-likeness (QED) is 0.496. The van der Waals surface area contributed by atoms with Crippen LogP contribution in [0, 0.1) is 6.92 Å². The summed E-state index contributed by atoms with van der Waals surface area (Å²) in [6, 6.07) is 15.3. The molecule has 0 saturated heterocycles. The molecule has 0 aliphatic rings. The summed E-state index contributed by atoms with van der Waals surface area (Å²) in [7, 11) is 0. The Bertz CT molecular complexity index is 1110. The Labute approximate surface area is 162 Å². The third-order valence-electron chi connectivity index (χ3n) is 3.83. The van der Waals surface area contributed by atoms with Gasteiger partial charge in [-0.1, -0.05) is 39.8 Å². The highest BCUT2D eigenvalue weighted by Gasteiger charge is 2.14. The van der Waals surface area contributed by atoms with E-state index in [9.17, 15) is 4.79 Å². The van der Waals surface area contributed by atoms with Crippen molar-refractivity contribution in [2.24, 2.45) is 0 Å². The average molecular weight is 428 g/mol. The molecule has 8 heteroatoms. The second kappa shape index (κ2) is 7.05. The van der Waals surface area contributed by atoms with Gasteiger partial charge in [0.15, 0.2) is 5.65 Å². The smallest absolute Gasteiger partial charge is 0.234 e. The second-order valence-electron chi connectivity index (χ2n) is 5.66. The third kappa shape index (κ3) is 3.30. The van der Waals surface area contributed by atoms with Crippen molar-refractivity contribution in [3.05, 3.63) is 58.8 Å². The van der Waals surface area contributed by atoms with Crippen molar-refractivity contribution in [3.63, 3.8) is 0 Å². The molecule has 1 amide bonds. The molecule has 0 fully saturated rings. The van der Waals surface area contributed by atoms with Gasteiger partial charge in [0.25, 0.3) is 0 Å². The van der Waals surface area contributed by atoms with E-state index in [2.05, 4.69) is 36.4 Å². The van der Waals surface area contributed by atoms with E-state index in [4.69, 9.17) is 0 Å². The van der Waals surface area contributed by atoms with Gasteiger partial charge in [0.05, 0.1) is 16.8 Å². The molecule has 0 aliphatic heterocycles. The van der Waals surface area contributed by atoms with Crippen LogP contribution in [0.5, 0.6) is 0 Å². The van der Waals surface area contributed by atoms with E-state index in [0.717, 1.165) is 27.0 Å². The lowest BCUT2D eigenvalue weighted by Crippen LogP contribution is -2.14. The number of anilines is 1. The van der Waals surface area contributed by atoms with Crippen LogP contribution in [0.1, 0.15) is 5.82 Å². The van der Waals surface area contributed by atoms with E-state index in [-0.39, 0.29) is 11.7 Å². The Hall–Kier alpha value is -2.45. The monoisotopic (exact) mass is 427 g/mol. The first-order chi connectivity index (χ1) is 12.6. The molecular formula is C18H14BrN5OS. The van der Waals surface area contributed by atoms with Crippen molar-refractivity contribution in [1.82, 2.24) is 19.6 Å². The number of nitrogens with zero attached hydrogens (tertiary/aromatic N) is 4. The van der Waals surface area contributed by atoms with E-state index in [1.807, 2.05) is 59.9 Å². The summed E-state index contributed by atoms with van der Waals surface area (Å²) < 4.78 is 2.94. The fourth-order valence-electron chi connectivity index (χ4n) is 2.66. The van der Waals surface area contributed by atoms with Gasteiger partial charge in [-0.05, 0) is 43.3 Å². The molecule has 4 rings (SSSR count). The summed E-state index contributed by atoms with van der Waals surface area (Å²) in [5.41, 5.74) is 3.23. The lowest BCUT2D eigenvalue weighted by molar-refractivity contribution is -0.113. The molecule has 2 aromatic carbocycles. The Balaban J connectivity index is 1.58. The minimum atomic E-state index is -0.0957. The standard InChI is InChI=1S/C18H14BrN5OS/c1-11-22-23-17-18(21-14-4-2-3-5-15(14)24(11)17)26-10-16(25)20-13-8-6-12(19)7-9-13/h2-9H,10H2,1H3,(H,20,25). The van der Waals surface area contributed by atoms with Gasteiger partial charge in [0, 0.05) is 10.2 Å². The molecule has 26 heavy (non-hydrogen) atoms. The first kappa shape index (κ1) is 17.0. The highest BCUT2D eigenvalue weighted by molar-refractivity contribution is 9.10. The number of benzene rings is 2. The van der Waals surface area contributed by atoms with Crippen LogP contribution >= 0.6 is 27.7 Å². The molecule has 0 spiro atoms. The Kier molecular flexibility index (Phi) is 4.60. The van der Waals surface area contributed by atoms with E-state index in [1.165, 1.54) is 11.8 Å². The molecule has 4 aromatic rings. The van der Waals surface area contributed by atoms with Gasteiger partial charge in [0.2, 0.25) is 5.91 Å². The van der Waals surface area contributed by atoms with Crippen LogP contribution in [0.15, 0.2) is 58.0 Å². The number of halogens is 1. The SMILES string of the molecule is Cc1nnc2c(SCC(=O)Nc3ccc(Br)cc3)nc3ccccc3n12. The molecule has 2 aromatic heterocycles. The average Bonchev–Trinajstić information content (AvgIpc) is 3.04. The van der Waals surface area contributed by atoms with Gasteiger partial charge in [-0.3, -0.25) is 9.20 Å². The molecular weight excluding hydrogens is 414 g/mol. The number of aryl methyl sites for hydroxylation is 1. The molecule has 0 unspecified atom stereocenters. The van der Waals surface area contributed by atoms with Crippen molar-refractivity contribution in [3.8, 4) is 0 Å². The van der Waals surface area contributed by atoms with Gasteiger partial charge < -0.3 is 5.32 Å². The fourth-order valence-corrected chi connectivity index (χ4v) is 3.69. The lowest BCUT2D eigenvalue weighted by atomic mass is 10.3. The van der Waals surface area contributed by atoms with Crippen molar-refractivity contribution < 1.29 is 4.79 Å². The van der Waals surface area contributed by atoms with Gasteiger partial charge in [0.1, 0.15) is 10.9 Å². The Morgan fingerprint density at radius 3 is 2.73 bits per heavy atom. The minimum Gasteiger partial charge on any atom is -0.325 e. The molecule has 0 radical (unpaired) electrons. The minimum absolute atomic E-state index is 0.0957. The number of fused-ring (bicyclic) bond motifs is 3. The van der Waals surface area contributed by atoms with E-state index < -0.39 is 0 Å². The van der Waals surface area contributed by atoms with Crippen LogP contribution in [-0.2, 0) is 4.79 Å². The Morgan fingerprint density at radius 2 is 1.92 bits per heavy atom. The largest absolute Gasteiger partial charge is 0.325 e. The van der Waals surface area contributed by atoms with Crippen molar-refractivity contribution in [1.29, 1.82) is 0 Å². The number of hydrogen-bond donors (Lipinski definition) is 1. The summed E-state index contributed by atoms with van der Waals surface area (Å²) >= 11 is 4.73. The molecule has 1 N–H and O–H groups in total. The second-order valence-corrected chi connectivity index (χ2v) is 7.54. The van der Waals surface area contributed by atoms with Crippen LogP contribution in [-0.4, -0.2) is 31.2 Å². The number of nitrogens with one attached hydrogen (secondary N) is 1. The van der Waals surface area contributed by atoms with Gasteiger partial charge in [-0.25, -0.2) is 4.98 Å². The van der Waals surface area contributed by atoms with E-state index in [1.54, 1.807) is 0 Å². The predicted octanol–water partition coefficient (Wildman–Crippen LogP) is 4.08. The molecule has 0 saturated carbocycles. The van der Waals surface area contributed by atoms with Crippen LogP contribution in [0.2, 0.25) is 0 Å². The van der Waals surface area contributed by atoms with Crippen molar-refractivity contribution >= 4 is 56.0 Å². The zero-order valence-electron chi connectivity index (χ0n) is 13.8. The number of carbonyl (C=O) groups is 1. The molecule has 130 valence electrons. The first-order valence-electron chi connectivity index (χ1n) is 7.90. The van der Waals surface area contributed by atoms with E-state index >= 15 is 0 Å². The van der Waals surface area contributed by atoms with Crippen LogP contribution in [0.25, 0.3) is 16.7 Å². The topological polar surface area (TPSA) is 72.2 Å². The number of hydrogen-bond acceptors (Lipinski definition) is 5. The van der Waals surface area contributed by atoms with Crippen LogP contribution in [0.4, 0.5) is 5.69 Å². The summed E-state index contributed by atoms with van der Waals surface area (Å²) in [5, 5.41) is 12.0. The molecule has 6 nitrogen and oxygen atoms in total. The Morgan fingerprint density at radius 1 is 1.15 bits per heavy atom. The highest BCUT2D eigenvalue weighted by atomic mass is 79.9. The molecule has 0 bridgehead atoms. The van der Waals surface area contributed by atoms with Crippen LogP contribution < -0.4 is 5.32 Å². The number of carbonyl (C=O) groups excluding carboxylic acids is 1. The number of rotatable bonds is 4. The number of thioether (sulfide) groups is 1. The van der Waals surface area contributed by atoms with Crippen LogP contribution in [0.3, 0.4) is 0 Å². The summed E-state index contributed by atoms with van der Waals surface area (Å²) in [6.07, 6.45) is 0.